The van der Waals surface area contributed by atoms with Gasteiger partial charge in [-0.1, -0.05) is 6.07 Å². The third-order valence-electron chi connectivity index (χ3n) is 5.93. The average Bonchev–Trinajstić information content (AvgIpc) is 3.04. The molecule has 2 aromatic rings. The lowest BCUT2D eigenvalue weighted by Crippen LogP contribution is -2.39. The van der Waals surface area contributed by atoms with Crippen LogP contribution in [0.2, 0.25) is 0 Å². The molecule has 1 aliphatic carbocycles. The Balaban J connectivity index is 1.47. The lowest BCUT2D eigenvalue weighted by molar-refractivity contribution is -0.143. The van der Waals surface area contributed by atoms with Crippen molar-refractivity contribution in [3.8, 4) is 0 Å². The summed E-state index contributed by atoms with van der Waals surface area (Å²) in [5.41, 5.74) is 1.93. The van der Waals surface area contributed by atoms with Crippen LogP contribution >= 0.6 is 0 Å². The van der Waals surface area contributed by atoms with Gasteiger partial charge in [-0.05, 0) is 55.7 Å². The molecule has 2 N–H and O–H groups in total. The number of benzene rings is 1. The van der Waals surface area contributed by atoms with Crippen molar-refractivity contribution in [2.45, 2.75) is 51.0 Å². The molecule has 1 unspecified atom stereocenters. The Morgan fingerprint density at radius 2 is 1.96 bits per heavy atom. The quantitative estimate of drug-likeness (QED) is 0.806. The van der Waals surface area contributed by atoms with Gasteiger partial charge in [0.15, 0.2) is 0 Å². The van der Waals surface area contributed by atoms with Crippen molar-refractivity contribution in [2.24, 2.45) is 11.8 Å². The molecular weight excluding hydrogens is 346 g/mol. The zero-order valence-electron chi connectivity index (χ0n) is 15.1. The summed E-state index contributed by atoms with van der Waals surface area (Å²) in [7, 11) is 0. The predicted molar refractivity (Wildman–Crippen MR) is 97.9 cm³/mol. The Kier molecular flexibility index (Phi) is 4.68. The standard InChI is InChI=1S/C20H23N3O4/c24-18-8-6-16(19(25)22-18)14-5-7-17-15(9-14)10-21-23(17)11-12-1-3-13(4-2-12)20(26)27/h5,7,9-10,12-13,16H,1-4,6,8,11H2,(H,26,27)(H,22,24,25). The van der Waals surface area contributed by atoms with E-state index in [2.05, 4.69) is 10.4 Å². The van der Waals surface area contributed by atoms with E-state index in [0.29, 0.717) is 18.8 Å². The first kappa shape index (κ1) is 17.7. The normalized spacial score (nSPS) is 26.1. The van der Waals surface area contributed by atoms with E-state index in [1.807, 2.05) is 29.1 Å². The Hall–Kier alpha value is -2.70. The molecule has 2 amide bonds. The number of rotatable bonds is 4. The van der Waals surface area contributed by atoms with Crippen molar-refractivity contribution in [2.75, 3.05) is 0 Å². The number of amides is 2. The number of imide groups is 1. The fourth-order valence-electron chi connectivity index (χ4n) is 4.32. The summed E-state index contributed by atoms with van der Waals surface area (Å²) in [6, 6.07) is 5.92. The van der Waals surface area contributed by atoms with Crippen molar-refractivity contribution in [3.05, 3.63) is 30.0 Å². The number of carboxylic acids is 1. The Morgan fingerprint density at radius 3 is 2.67 bits per heavy atom. The van der Waals surface area contributed by atoms with Gasteiger partial charge < -0.3 is 5.11 Å². The minimum atomic E-state index is -0.682. The average molecular weight is 369 g/mol. The first-order valence-electron chi connectivity index (χ1n) is 9.53. The minimum Gasteiger partial charge on any atom is -0.481 e. The smallest absolute Gasteiger partial charge is 0.306 e. The number of carbonyl (C=O) groups is 3. The number of carbonyl (C=O) groups excluding carboxylic acids is 2. The number of aliphatic carboxylic acids is 1. The summed E-state index contributed by atoms with van der Waals surface area (Å²) >= 11 is 0. The van der Waals surface area contributed by atoms with E-state index in [1.165, 1.54) is 0 Å². The number of hydrogen-bond donors (Lipinski definition) is 2. The highest BCUT2D eigenvalue weighted by atomic mass is 16.4. The van der Waals surface area contributed by atoms with Gasteiger partial charge in [-0.25, -0.2) is 0 Å². The lowest BCUT2D eigenvalue weighted by Gasteiger charge is -2.26. The molecule has 0 bridgehead atoms. The Bertz CT molecular complexity index is 896. The van der Waals surface area contributed by atoms with Crippen molar-refractivity contribution in [1.82, 2.24) is 15.1 Å². The van der Waals surface area contributed by atoms with Crippen LogP contribution in [0.3, 0.4) is 0 Å². The molecule has 0 radical (unpaired) electrons. The molecule has 7 heteroatoms. The molecule has 1 aromatic carbocycles. The summed E-state index contributed by atoms with van der Waals surface area (Å²) in [5, 5.41) is 17.0. The molecule has 1 aromatic heterocycles. The van der Waals surface area contributed by atoms with E-state index in [0.717, 1.165) is 48.7 Å². The largest absolute Gasteiger partial charge is 0.481 e. The number of piperidine rings is 1. The maximum absolute atomic E-state index is 12.1. The van der Waals surface area contributed by atoms with E-state index >= 15 is 0 Å². The van der Waals surface area contributed by atoms with Gasteiger partial charge in [0.1, 0.15) is 0 Å². The van der Waals surface area contributed by atoms with Crippen molar-refractivity contribution >= 4 is 28.7 Å². The van der Waals surface area contributed by atoms with E-state index in [9.17, 15) is 14.4 Å². The highest BCUT2D eigenvalue weighted by Gasteiger charge is 2.29. The van der Waals surface area contributed by atoms with Gasteiger partial charge in [-0.3, -0.25) is 24.4 Å². The SMILES string of the molecule is O=C1CCC(c2ccc3c(cnn3CC3CCC(C(=O)O)CC3)c2)C(=O)N1. The molecule has 142 valence electrons. The molecule has 2 fully saturated rings. The van der Waals surface area contributed by atoms with Gasteiger partial charge >= 0.3 is 5.97 Å². The maximum Gasteiger partial charge on any atom is 0.306 e. The summed E-state index contributed by atoms with van der Waals surface area (Å²) in [6.45, 7) is 0.785. The summed E-state index contributed by atoms with van der Waals surface area (Å²) in [6.07, 6.45) is 6.01. The molecule has 7 nitrogen and oxygen atoms in total. The van der Waals surface area contributed by atoms with Crippen LogP contribution in [-0.2, 0) is 20.9 Å². The number of aromatic nitrogens is 2. The Morgan fingerprint density at radius 1 is 1.19 bits per heavy atom. The molecular formula is C20H23N3O4. The molecule has 1 saturated carbocycles. The highest BCUT2D eigenvalue weighted by Crippen LogP contribution is 2.32. The monoisotopic (exact) mass is 369 g/mol. The van der Waals surface area contributed by atoms with Crippen LogP contribution in [0.15, 0.2) is 24.4 Å². The van der Waals surface area contributed by atoms with Gasteiger partial charge in [0.25, 0.3) is 0 Å². The third-order valence-corrected chi connectivity index (χ3v) is 5.93. The second kappa shape index (κ2) is 7.13. The van der Waals surface area contributed by atoms with Crippen LogP contribution in [0.25, 0.3) is 10.9 Å². The predicted octanol–water partition coefficient (Wildman–Crippen LogP) is 2.45. The van der Waals surface area contributed by atoms with Gasteiger partial charge in [0.05, 0.1) is 23.5 Å². The number of hydrogen-bond acceptors (Lipinski definition) is 4. The van der Waals surface area contributed by atoms with Crippen LogP contribution in [0, 0.1) is 11.8 Å². The first-order valence-corrected chi connectivity index (χ1v) is 9.53. The van der Waals surface area contributed by atoms with Gasteiger partial charge in [-0.2, -0.15) is 5.10 Å². The molecule has 1 saturated heterocycles. The highest BCUT2D eigenvalue weighted by molar-refractivity contribution is 6.01. The molecule has 1 aliphatic heterocycles. The summed E-state index contributed by atoms with van der Waals surface area (Å²) < 4.78 is 1.98. The van der Waals surface area contributed by atoms with Crippen molar-refractivity contribution in [1.29, 1.82) is 0 Å². The third kappa shape index (κ3) is 3.59. The van der Waals surface area contributed by atoms with Crippen LogP contribution in [-0.4, -0.2) is 32.7 Å². The molecule has 27 heavy (non-hydrogen) atoms. The molecule has 2 heterocycles. The van der Waals surface area contributed by atoms with Gasteiger partial charge in [-0.15, -0.1) is 0 Å². The number of nitrogens with zero attached hydrogens (tertiary/aromatic N) is 2. The zero-order valence-corrected chi connectivity index (χ0v) is 15.1. The second-order valence-corrected chi connectivity index (χ2v) is 7.70. The Labute approximate surface area is 156 Å². The fourth-order valence-corrected chi connectivity index (χ4v) is 4.32. The van der Waals surface area contributed by atoms with Crippen molar-refractivity contribution < 1.29 is 19.5 Å². The van der Waals surface area contributed by atoms with Crippen LogP contribution in [0.5, 0.6) is 0 Å². The number of nitrogens with one attached hydrogen (secondary N) is 1. The number of fused-ring (bicyclic) bond motifs is 1. The topological polar surface area (TPSA) is 101 Å². The van der Waals surface area contributed by atoms with E-state index in [-0.39, 0.29) is 23.7 Å². The molecule has 0 spiro atoms. The lowest BCUT2D eigenvalue weighted by atomic mass is 9.82. The molecule has 2 aliphatic rings. The fraction of sp³-hybridized carbons (Fsp3) is 0.500. The summed E-state index contributed by atoms with van der Waals surface area (Å²) in [5.74, 6) is -1.16. The summed E-state index contributed by atoms with van der Waals surface area (Å²) in [4.78, 5) is 34.5. The van der Waals surface area contributed by atoms with Crippen LogP contribution in [0.1, 0.15) is 50.0 Å². The maximum atomic E-state index is 12.1. The molecule has 4 rings (SSSR count). The molecule has 1 atom stereocenters. The first-order chi connectivity index (χ1) is 13.0. The van der Waals surface area contributed by atoms with Crippen molar-refractivity contribution in [3.63, 3.8) is 0 Å². The van der Waals surface area contributed by atoms with E-state index in [1.54, 1.807) is 0 Å². The van der Waals surface area contributed by atoms with Crippen LogP contribution < -0.4 is 5.32 Å². The number of carboxylic acid groups (broad SMARTS) is 1. The second-order valence-electron chi connectivity index (χ2n) is 7.70. The minimum absolute atomic E-state index is 0.202. The van der Waals surface area contributed by atoms with Gasteiger partial charge in [0, 0.05) is 18.4 Å². The van der Waals surface area contributed by atoms with Crippen LogP contribution in [0.4, 0.5) is 0 Å². The van der Waals surface area contributed by atoms with E-state index in [4.69, 9.17) is 5.11 Å². The van der Waals surface area contributed by atoms with E-state index < -0.39 is 5.97 Å². The zero-order chi connectivity index (χ0) is 19.0. The van der Waals surface area contributed by atoms with Gasteiger partial charge in [0.2, 0.25) is 11.8 Å².